The van der Waals surface area contributed by atoms with E-state index in [2.05, 4.69) is 0 Å². The van der Waals surface area contributed by atoms with Crippen LogP contribution in [-0.2, 0) is 0 Å². The van der Waals surface area contributed by atoms with Crippen LogP contribution in [0.2, 0.25) is 0 Å². The van der Waals surface area contributed by atoms with Gasteiger partial charge in [0.15, 0.2) is 0 Å². The first kappa shape index (κ1) is 5.06. The summed E-state index contributed by atoms with van der Waals surface area (Å²) in [6, 6.07) is 0. The molecule has 0 bridgehead atoms. The van der Waals surface area contributed by atoms with Crippen LogP contribution < -0.4 is 5.06 Å². The number of hydrogen-bond acceptors (Lipinski definition) is 1. The molecule has 1 heterocycles. The van der Waals surface area contributed by atoms with Crippen molar-refractivity contribution in [2.24, 2.45) is 0 Å². The van der Waals surface area contributed by atoms with Gasteiger partial charge in [0, 0.05) is 6.42 Å². The predicted molar refractivity (Wildman–Crippen MR) is 27.3 cm³/mol. The molecule has 1 aliphatic heterocycles. The molecular weight excluding hydrogens is 90.1 g/mol. The van der Waals surface area contributed by atoms with Gasteiger partial charge in [-0.3, -0.25) is 0 Å². The van der Waals surface area contributed by atoms with Gasteiger partial charge in [-0.2, -0.15) is 0 Å². The molecule has 1 aliphatic rings. The zero-order valence-electron chi connectivity index (χ0n) is 4.31. The minimum absolute atomic E-state index is 0.339. The fourth-order valence-corrected chi connectivity index (χ4v) is 0.809. The Hall–Kier alpha value is -0.0800. The number of piperidine rings is 1. The molecule has 0 aromatic carbocycles. The van der Waals surface area contributed by atoms with E-state index in [1.54, 1.807) is 6.54 Å². The van der Waals surface area contributed by atoms with Gasteiger partial charge in [0.25, 0.3) is 0 Å². The summed E-state index contributed by atoms with van der Waals surface area (Å²) in [4.78, 5) is 0. The van der Waals surface area contributed by atoms with Gasteiger partial charge in [-0.1, -0.05) is 0 Å². The fraction of sp³-hybridized carbons (Fsp3) is 0.800. The summed E-state index contributed by atoms with van der Waals surface area (Å²) in [5, 5.41) is 10.7. The monoisotopic (exact) mass is 100 g/mol. The van der Waals surface area contributed by atoms with E-state index in [0.717, 1.165) is 19.4 Å². The van der Waals surface area contributed by atoms with Crippen LogP contribution in [0, 0.1) is 11.8 Å². The molecule has 2 nitrogen and oxygen atoms in total. The average Bonchev–Trinajstić information content (AvgIpc) is 1.69. The van der Waals surface area contributed by atoms with E-state index in [4.69, 9.17) is 0 Å². The van der Waals surface area contributed by atoms with Crippen molar-refractivity contribution in [3.63, 3.8) is 0 Å². The van der Waals surface area contributed by atoms with Crippen molar-refractivity contribution in [2.75, 3.05) is 6.54 Å². The van der Waals surface area contributed by atoms with Gasteiger partial charge in [-0.15, -0.1) is 0 Å². The molecule has 0 spiro atoms. The van der Waals surface area contributed by atoms with Gasteiger partial charge in [-0.05, 0) is 12.8 Å². The highest BCUT2D eigenvalue weighted by Gasteiger charge is 2.04. The van der Waals surface area contributed by atoms with E-state index in [1.807, 2.05) is 0 Å². The Morgan fingerprint density at radius 3 is 2.57 bits per heavy atom. The van der Waals surface area contributed by atoms with E-state index in [-0.39, 0.29) is 0 Å². The van der Waals surface area contributed by atoms with Crippen LogP contribution in [0.5, 0.6) is 0 Å². The van der Waals surface area contributed by atoms with Crippen molar-refractivity contribution >= 4 is 0 Å². The van der Waals surface area contributed by atoms with Crippen LogP contribution in [0.1, 0.15) is 19.3 Å². The molecule has 1 radical (unpaired) electrons. The summed E-state index contributed by atoms with van der Waals surface area (Å²) in [5.74, 6) is 0. The lowest BCUT2D eigenvalue weighted by molar-refractivity contribution is -0.821. The van der Waals surface area contributed by atoms with E-state index in [9.17, 15) is 5.21 Å². The predicted octanol–water partition coefficient (Wildman–Crippen LogP) is -0.285. The Bertz CT molecular complexity index is 50.0. The van der Waals surface area contributed by atoms with Crippen molar-refractivity contribution in [3.8, 4) is 0 Å². The summed E-state index contributed by atoms with van der Waals surface area (Å²) < 4.78 is 0. The first-order valence-corrected chi connectivity index (χ1v) is 2.75. The van der Waals surface area contributed by atoms with Gasteiger partial charge in [0.2, 0.25) is 0 Å². The van der Waals surface area contributed by atoms with Crippen molar-refractivity contribution in [3.05, 3.63) is 11.8 Å². The number of hydroxylamine groups is 2. The molecule has 1 rings (SSSR count). The third-order valence-corrected chi connectivity index (χ3v) is 1.25. The quantitative estimate of drug-likeness (QED) is 0.416. The van der Waals surface area contributed by atoms with Crippen LogP contribution in [0.15, 0.2) is 0 Å². The van der Waals surface area contributed by atoms with Gasteiger partial charge in [0.05, 0.1) is 6.54 Å². The van der Waals surface area contributed by atoms with Crippen molar-refractivity contribution in [1.29, 1.82) is 0 Å². The zero-order valence-corrected chi connectivity index (χ0v) is 4.31. The third kappa shape index (κ3) is 1.45. The Morgan fingerprint density at radius 2 is 2.29 bits per heavy atom. The van der Waals surface area contributed by atoms with Crippen LogP contribution in [0.4, 0.5) is 0 Å². The Morgan fingerprint density at radius 1 is 1.43 bits per heavy atom. The van der Waals surface area contributed by atoms with E-state index >= 15 is 0 Å². The minimum Gasteiger partial charge on any atom is -0.634 e. The standard InChI is InChI=1S/C5H10NO/c7-6-4-2-1-3-5-6/h4,6H,1-3,5H2. The van der Waals surface area contributed by atoms with Gasteiger partial charge >= 0.3 is 0 Å². The normalized spacial score (nSPS) is 25.3. The average molecular weight is 100 g/mol. The summed E-state index contributed by atoms with van der Waals surface area (Å²) in [6.07, 6.45) is 3.33. The largest absolute Gasteiger partial charge is 0.634 e. The van der Waals surface area contributed by atoms with Crippen molar-refractivity contribution in [2.45, 2.75) is 19.3 Å². The Kier molecular flexibility index (Phi) is 1.65. The summed E-state index contributed by atoms with van der Waals surface area (Å²) in [7, 11) is 0. The highest BCUT2D eigenvalue weighted by Crippen LogP contribution is 1.96. The molecule has 0 saturated carbocycles. The highest BCUT2D eigenvalue weighted by molar-refractivity contribution is 4.55. The third-order valence-electron chi connectivity index (χ3n) is 1.25. The number of nitrogens with one attached hydrogen (secondary N) is 1. The fourth-order valence-electron chi connectivity index (χ4n) is 0.809. The SMILES string of the molecule is [O-][NH+]1[CH]CCCC1. The van der Waals surface area contributed by atoms with Crippen LogP contribution in [-0.4, -0.2) is 6.54 Å². The molecule has 41 valence electrons. The molecular formula is C5H10NO. The van der Waals surface area contributed by atoms with E-state index in [0.29, 0.717) is 5.06 Å². The molecule has 0 amide bonds. The first-order chi connectivity index (χ1) is 3.39. The van der Waals surface area contributed by atoms with Crippen molar-refractivity contribution < 1.29 is 5.06 Å². The summed E-state index contributed by atoms with van der Waals surface area (Å²) >= 11 is 0. The van der Waals surface area contributed by atoms with Gasteiger partial charge in [-0.25, -0.2) is 0 Å². The molecule has 1 saturated heterocycles. The molecule has 1 fully saturated rings. The van der Waals surface area contributed by atoms with Crippen LogP contribution >= 0.6 is 0 Å². The summed E-state index contributed by atoms with van der Waals surface area (Å²) in [5.41, 5.74) is 0. The lowest BCUT2D eigenvalue weighted by Gasteiger charge is -2.24. The molecule has 1 atom stereocenters. The lowest BCUT2D eigenvalue weighted by atomic mass is 10.2. The van der Waals surface area contributed by atoms with Crippen molar-refractivity contribution in [1.82, 2.24) is 0 Å². The van der Waals surface area contributed by atoms with E-state index in [1.165, 1.54) is 6.42 Å². The van der Waals surface area contributed by atoms with Crippen LogP contribution in [0.25, 0.3) is 0 Å². The van der Waals surface area contributed by atoms with E-state index < -0.39 is 0 Å². The molecule has 0 aromatic rings. The summed E-state index contributed by atoms with van der Waals surface area (Å²) in [6.45, 7) is 2.59. The topological polar surface area (TPSA) is 27.5 Å². The smallest absolute Gasteiger partial charge is 0.140 e. The number of hydrogen-bond donors (Lipinski definition) is 1. The molecule has 0 aromatic heterocycles. The minimum atomic E-state index is 0.339. The number of rotatable bonds is 0. The molecule has 2 heteroatoms. The Labute approximate surface area is 43.7 Å². The molecule has 7 heavy (non-hydrogen) atoms. The highest BCUT2D eigenvalue weighted by atomic mass is 16.5. The second-order valence-corrected chi connectivity index (χ2v) is 1.92. The maximum Gasteiger partial charge on any atom is 0.140 e. The number of quaternary nitrogens is 1. The maximum atomic E-state index is 10.4. The molecule has 0 aliphatic carbocycles. The lowest BCUT2D eigenvalue weighted by Crippen LogP contribution is -3.05. The first-order valence-electron chi connectivity index (χ1n) is 2.75. The Balaban J connectivity index is 2.12. The molecule has 1 N–H and O–H groups in total. The van der Waals surface area contributed by atoms with Crippen LogP contribution in [0.3, 0.4) is 0 Å². The maximum absolute atomic E-state index is 10.4. The second-order valence-electron chi connectivity index (χ2n) is 1.92. The second kappa shape index (κ2) is 2.28. The van der Waals surface area contributed by atoms with Gasteiger partial charge in [0.1, 0.15) is 6.54 Å². The zero-order chi connectivity index (χ0) is 5.11. The van der Waals surface area contributed by atoms with Gasteiger partial charge < -0.3 is 10.3 Å². The molecule has 1 unspecified atom stereocenters.